The number of ether oxygens (including phenoxy) is 1. The molecule has 1 aliphatic carbocycles. The van der Waals surface area contributed by atoms with Crippen LogP contribution in [-0.2, 0) is 33.8 Å². The van der Waals surface area contributed by atoms with E-state index in [9.17, 15) is 14.4 Å². The molecule has 2 aliphatic rings. The van der Waals surface area contributed by atoms with Crippen molar-refractivity contribution in [2.75, 3.05) is 7.11 Å². The van der Waals surface area contributed by atoms with Gasteiger partial charge in [0.05, 0.1) is 13.2 Å². The van der Waals surface area contributed by atoms with Crippen molar-refractivity contribution < 1.29 is 19.1 Å². The topological polar surface area (TPSA) is 87.7 Å². The summed E-state index contributed by atoms with van der Waals surface area (Å²) in [7, 11) is 1.62. The van der Waals surface area contributed by atoms with Gasteiger partial charge in [-0.25, -0.2) is 0 Å². The Morgan fingerprint density at radius 1 is 1.08 bits per heavy atom. The Bertz CT molecular complexity index is 1220. The second-order valence-corrected chi connectivity index (χ2v) is 12.1. The quantitative estimate of drug-likeness (QED) is 0.539. The van der Waals surface area contributed by atoms with Crippen molar-refractivity contribution in [1.29, 1.82) is 0 Å². The zero-order chi connectivity index (χ0) is 28.3. The summed E-state index contributed by atoms with van der Waals surface area (Å²) in [5.41, 5.74) is 3.86. The van der Waals surface area contributed by atoms with Crippen LogP contribution in [0.2, 0.25) is 0 Å². The van der Waals surface area contributed by atoms with Crippen LogP contribution < -0.4 is 15.4 Å². The number of carbonyl (C=O) groups is 3. The lowest BCUT2D eigenvalue weighted by atomic mass is 9.83. The number of amides is 3. The molecular formula is C32H43N3O4. The number of benzene rings is 2. The highest BCUT2D eigenvalue weighted by Crippen LogP contribution is 2.33. The number of rotatable bonds is 7. The van der Waals surface area contributed by atoms with Crippen molar-refractivity contribution in [3.8, 4) is 5.75 Å². The number of hydrogen-bond acceptors (Lipinski definition) is 4. The van der Waals surface area contributed by atoms with Gasteiger partial charge in [0.15, 0.2) is 0 Å². The van der Waals surface area contributed by atoms with Gasteiger partial charge in [-0.05, 0) is 65.5 Å². The molecule has 7 heteroatoms. The molecule has 0 radical (unpaired) electrons. The van der Waals surface area contributed by atoms with Crippen LogP contribution in [0.15, 0.2) is 42.5 Å². The summed E-state index contributed by atoms with van der Waals surface area (Å²) in [6.45, 7) is 9.93. The average Bonchev–Trinajstić information content (AvgIpc) is 2.93. The van der Waals surface area contributed by atoms with Gasteiger partial charge >= 0.3 is 0 Å². The zero-order valence-electron chi connectivity index (χ0n) is 24.2. The Balaban J connectivity index is 1.66. The van der Waals surface area contributed by atoms with Gasteiger partial charge in [0.25, 0.3) is 0 Å². The summed E-state index contributed by atoms with van der Waals surface area (Å²) in [5, 5.41) is 6.30. The van der Waals surface area contributed by atoms with Crippen LogP contribution in [0, 0.1) is 11.3 Å². The lowest BCUT2D eigenvalue weighted by Crippen LogP contribution is -2.61. The monoisotopic (exact) mass is 533 g/mol. The summed E-state index contributed by atoms with van der Waals surface area (Å²) in [6.07, 6.45) is 3.97. The van der Waals surface area contributed by atoms with E-state index >= 15 is 0 Å². The first-order valence-corrected chi connectivity index (χ1v) is 14.2. The van der Waals surface area contributed by atoms with E-state index in [1.54, 1.807) is 12.0 Å². The maximum absolute atomic E-state index is 14.3. The van der Waals surface area contributed by atoms with Crippen molar-refractivity contribution in [2.24, 2.45) is 11.3 Å². The van der Waals surface area contributed by atoms with Crippen LogP contribution in [0.3, 0.4) is 0 Å². The molecule has 0 saturated carbocycles. The highest BCUT2D eigenvalue weighted by Gasteiger charge is 2.42. The Morgan fingerprint density at radius 3 is 2.51 bits per heavy atom. The third kappa shape index (κ3) is 6.29. The predicted octanol–water partition coefficient (Wildman–Crippen LogP) is 4.72. The summed E-state index contributed by atoms with van der Waals surface area (Å²) in [5.74, 6) is -0.0475. The maximum Gasteiger partial charge on any atom is 0.246 e. The summed E-state index contributed by atoms with van der Waals surface area (Å²) in [4.78, 5) is 42.8. The zero-order valence-corrected chi connectivity index (χ0v) is 24.2. The lowest BCUT2D eigenvalue weighted by molar-refractivity contribution is -0.147. The van der Waals surface area contributed by atoms with Crippen LogP contribution in [0.1, 0.15) is 82.2 Å². The molecule has 1 aliphatic heterocycles. The molecule has 4 atom stereocenters. The van der Waals surface area contributed by atoms with Crippen LogP contribution in [0.25, 0.3) is 0 Å². The Hall–Kier alpha value is -3.35. The molecule has 1 heterocycles. The molecule has 0 bridgehead atoms. The lowest BCUT2D eigenvalue weighted by Gasteiger charge is -2.41. The number of carbonyl (C=O) groups excluding carboxylic acids is 3. The Kier molecular flexibility index (Phi) is 8.67. The number of aryl methyl sites for hydroxylation is 1. The molecule has 0 fully saturated rings. The predicted molar refractivity (Wildman–Crippen MR) is 152 cm³/mol. The van der Waals surface area contributed by atoms with Crippen LogP contribution in [0.4, 0.5) is 0 Å². The van der Waals surface area contributed by atoms with Gasteiger partial charge in [-0.3, -0.25) is 14.4 Å². The van der Waals surface area contributed by atoms with Gasteiger partial charge in [0.2, 0.25) is 17.7 Å². The summed E-state index contributed by atoms with van der Waals surface area (Å²) in [6, 6.07) is 12.5. The smallest absolute Gasteiger partial charge is 0.246 e. The maximum atomic E-state index is 14.3. The molecule has 0 unspecified atom stereocenters. The van der Waals surface area contributed by atoms with Crippen LogP contribution >= 0.6 is 0 Å². The molecule has 3 amide bonds. The van der Waals surface area contributed by atoms with E-state index in [-0.39, 0.29) is 36.2 Å². The van der Waals surface area contributed by atoms with Crippen molar-refractivity contribution >= 4 is 17.7 Å². The fourth-order valence-corrected chi connectivity index (χ4v) is 5.61. The van der Waals surface area contributed by atoms with Gasteiger partial charge in [-0.15, -0.1) is 0 Å². The van der Waals surface area contributed by atoms with Crippen molar-refractivity contribution in [3.05, 3.63) is 64.7 Å². The van der Waals surface area contributed by atoms with E-state index in [1.165, 1.54) is 5.56 Å². The SMILES string of the molecule is CC[C@@H](C)C(=O)N[C@H](C(=O)N1Cc2cc(OC)ccc2C[C@H]1C(=O)N[C@@H]1CCCc2ccccc21)C(C)(C)C. The second-order valence-electron chi connectivity index (χ2n) is 12.1. The van der Waals surface area contributed by atoms with Gasteiger partial charge in [0, 0.05) is 18.9 Å². The molecule has 0 saturated heterocycles. The molecular weight excluding hydrogens is 490 g/mol. The molecule has 2 N–H and O–H groups in total. The minimum absolute atomic E-state index is 0.0832. The average molecular weight is 534 g/mol. The van der Waals surface area contributed by atoms with E-state index < -0.39 is 17.5 Å². The molecule has 7 nitrogen and oxygen atoms in total. The number of nitrogens with one attached hydrogen (secondary N) is 2. The molecule has 210 valence electrons. The van der Waals surface area contributed by atoms with Crippen molar-refractivity contribution in [2.45, 2.75) is 91.4 Å². The van der Waals surface area contributed by atoms with E-state index in [1.807, 2.05) is 65.0 Å². The molecule has 2 aromatic rings. The fraction of sp³-hybridized carbons (Fsp3) is 0.531. The number of hydrogen-bond donors (Lipinski definition) is 2. The molecule has 39 heavy (non-hydrogen) atoms. The van der Waals surface area contributed by atoms with E-state index in [0.29, 0.717) is 18.6 Å². The number of methoxy groups -OCH3 is 1. The fourth-order valence-electron chi connectivity index (χ4n) is 5.61. The second kappa shape index (κ2) is 11.8. The summed E-state index contributed by atoms with van der Waals surface area (Å²) >= 11 is 0. The van der Waals surface area contributed by atoms with Crippen molar-refractivity contribution in [3.63, 3.8) is 0 Å². The van der Waals surface area contributed by atoms with Gasteiger partial charge in [-0.2, -0.15) is 0 Å². The number of nitrogens with zero attached hydrogens (tertiary/aromatic N) is 1. The van der Waals surface area contributed by atoms with Crippen LogP contribution in [0.5, 0.6) is 5.75 Å². The van der Waals surface area contributed by atoms with E-state index in [2.05, 4.69) is 22.8 Å². The first-order chi connectivity index (χ1) is 18.5. The Morgan fingerprint density at radius 2 is 1.82 bits per heavy atom. The molecule has 0 aromatic heterocycles. The standard InChI is InChI=1S/C32H43N3O4/c1-7-20(2)29(36)34-28(32(3,4)5)31(38)35-19-23-17-24(39-6)16-15-22(23)18-27(35)30(37)33-26-14-10-12-21-11-8-9-13-25(21)26/h8-9,11,13,15-17,20,26-28H,7,10,12,14,18-19H2,1-6H3,(H,33,37)(H,34,36)/t20-,26-,27+,28-/m1/s1. The molecule has 4 rings (SSSR count). The van der Waals surface area contributed by atoms with Crippen molar-refractivity contribution in [1.82, 2.24) is 15.5 Å². The van der Waals surface area contributed by atoms with Gasteiger partial charge < -0.3 is 20.3 Å². The molecule has 2 aromatic carbocycles. The normalized spacial score (nSPS) is 20.2. The summed E-state index contributed by atoms with van der Waals surface area (Å²) < 4.78 is 5.44. The largest absolute Gasteiger partial charge is 0.497 e. The first kappa shape index (κ1) is 28.7. The minimum atomic E-state index is -0.767. The first-order valence-electron chi connectivity index (χ1n) is 14.2. The van der Waals surface area contributed by atoms with E-state index in [0.717, 1.165) is 36.0 Å². The highest BCUT2D eigenvalue weighted by atomic mass is 16.5. The van der Waals surface area contributed by atoms with Crippen LogP contribution in [-0.4, -0.2) is 41.8 Å². The number of fused-ring (bicyclic) bond motifs is 2. The minimum Gasteiger partial charge on any atom is -0.497 e. The third-order valence-corrected chi connectivity index (χ3v) is 8.27. The third-order valence-electron chi connectivity index (χ3n) is 8.27. The van der Waals surface area contributed by atoms with Gasteiger partial charge in [-0.1, -0.05) is 65.0 Å². The highest BCUT2D eigenvalue weighted by molar-refractivity contribution is 5.93. The molecule has 0 spiro atoms. The van der Waals surface area contributed by atoms with Gasteiger partial charge in [0.1, 0.15) is 17.8 Å². The van der Waals surface area contributed by atoms with E-state index in [4.69, 9.17) is 4.74 Å². The Labute approximate surface area is 232 Å².